The summed E-state index contributed by atoms with van der Waals surface area (Å²) in [6.07, 6.45) is 8.76. The van der Waals surface area contributed by atoms with Crippen molar-refractivity contribution in [3.8, 4) is 18.0 Å². The van der Waals surface area contributed by atoms with Gasteiger partial charge in [-0.25, -0.2) is 0 Å². The van der Waals surface area contributed by atoms with Crippen LogP contribution in [0.5, 0.6) is 0 Å². The third kappa shape index (κ3) is 4.38. The highest BCUT2D eigenvalue weighted by Crippen LogP contribution is 2.28. The third-order valence-corrected chi connectivity index (χ3v) is 5.20. The summed E-state index contributed by atoms with van der Waals surface area (Å²) in [6.45, 7) is 4.27. The van der Waals surface area contributed by atoms with Crippen molar-refractivity contribution in [1.82, 2.24) is 20.1 Å². The molecule has 2 aromatic rings. The van der Waals surface area contributed by atoms with Gasteiger partial charge in [-0.1, -0.05) is 35.4 Å². The number of nitrogens with one attached hydrogen (secondary N) is 1. The highest BCUT2D eigenvalue weighted by atomic mass is 32.2. The van der Waals surface area contributed by atoms with E-state index < -0.39 is 0 Å². The molecule has 7 heteroatoms. The van der Waals surface area contributed by atoms with Crippen molar-refractivity contribution in [2.45, 2.75) is 31.3 Å². The van der Waals surface area contributed by atoms with Crippen molar-refractivity contribution in [3.05, 3.63) is 29.8 Å². The lowest BCUT2D eigenvalue weighted by atomic mass is 10.1. The number of carbonyl (C=O) groups is 1. The lowest BCUT2D eigenvalue weighted by Crippen LogP contribution is -2.31. The summed E-state index contributed by atoms with van der Waals surface area (Å²) in [4.78, 5) is 14.2. The molecule has 136 valence electrons. The molecule has 1 aromatic heterocycles. The second-order valence-electron chi connectivity index (χ2n) is 6.27. The molecule has 1 aromatic carbocycles. The van der Waals surface area contributed by atoms with Gasteiger partial charge in [-0.3, -0.25) is 9.36 Å². The van der Waals surface area contributed by atoms with E-state index in [1.807, 2.05) is 4.57 Å². The first-order valence-corrected chi connectivity index (χ1v) is 9.78. The SMILES string of the molecule is C#CCNC(=O)CSc1nnc(N2CCCCC2)n1-c1ccc(C)cc1. The van der Waals surface area contributed by atoms with Gasteiger partial charge in [0.1, 0.15) is 0 Å². The molecule has 0 radical (unpaired) electrons. The van der Waals surface area contributed by atoms with E-state index in [0.717, 1.165) is 37.6 Å². The van der Waals surface area contributed by atoms with E-state index in [1.54, 1.807) is 0 Å². The number of benzene rings is 1. The molecule has 1 aliphatic heterocycles. The van der Waals surface area contributed by atoms with Gasteiger partial charge in [-0.2, -0.15) is 0 Å². The van der Waals surface area contributed by atoms with Gasteiger partial charge in [0.05, 0.1) is 18.0 Å². The van der Waals surface area contributed by atoms with Crippen LogP contribution in [0.4, 0.5) is 5.95 Å². The molecule has 1 saturated heterocycles. The lowest BCUT2D eigenvalue weighted by molar-refractivity contribution is -0.118. The average Bonchev–Trinajstić information content (AvgIpc) is 3.10. The van der Waals surface area contributed by atoms with Crippen LogP contribution in [0.1, 0.15) is 24.8 Å². The first kappa shape index (κ1) is 18.3. The smallest absolute Gasteiger partial charge is 0.232 e. The fourth-order valence-corrected chi connectivity index (χ4v) is 3.68. The minimum atomic E-state index is -0.106. The van der Waals surface area contributed by atoms with E-state index in [2.05, 4.69) is 57.5 Å². The van der Waals surface area contributed by atoms with Gasteiger partial charge in [0.15, 0.2) is 5.16 Å². The molecule has 3 rings (SSSR count). The van der Waals surface area contributed by atoms with Crippen LogP contribution in [-0.4, -0.2) is 46.1 Å². The van der Waals surface area contributed by atoms with Gasteiger partial charge < -0.3 is 10.2 Å². The average molecular weight is 369 g/mol. The molecule has 0 aliphatic carbocycles. The number of rotatable bonds is 6. The van der Waals surface area contributed by atoms with Crippen LogP contribution in [0.15, 0.2) is 29.4 Å². The van der Waals surface area contributed by atoms with Gasteiger partial charge in [0, 0.05) is 13.1 Å². The Morgan fingerprint density at radius 1 is 1.23 bits per heavy atom. The third-order valence-electron chi connectivity index (χ3n) is 4.27. The quantitative estimate of drug-likeness (QED) is 0.626. The minimum absolute atomic E-state index is 0.106. The largest absolute Gasteiger partial charge is 0.344 e. The zero-order valence-corrected chi connectivity index (χ0v) is 15.8. The van der Waals surface area contributed by atoms with Crippen molar-refractivity contribution in [1.29, 1.82) is 0 Å². The van der Waals surface area contributed by atoms with Crippen LogP contribution >= 0.6 is 11.8 Å². The van der Waals surface area contributed by atoms with Crippen LogP contribution in [0.3, 0.4) is 0 Å². The summed E-state index contributed by atoms with van der Waals surface area (Å²) in [5, 5.41) is 12.2. The highest BCUT2D eigenvalue weighted by molar-refractivity contribution is 7.99. The minimum Gasteiger partial charge on any atom is -0.344 e. The molecule has 1 fully saturated rings. The normalized spacial score (nSPS) is 14.1. The highest BCUT2D eigenvalue weighted by Gasteiger charge is 2.22. The van der Waals surface area contributed by atoms with E-state index in [4.69, 9.17) is 6.42 Å². The molecule has 26 heavy (non-hydrogen) atoms. The number of hydrogen-bond acceptors (Lipinski definition) is 5. The number of hydrogen-bond donors (Lipinski definition) is 1. The fourth-order valence-electron chi connectivity index (χ4n) is 2.90. The van der Waals surface area contributed by atoms with Crippen LogP contribution < -0.4 is 10.2 Å². The van der Waals surface area contributed by atoms with E-state index in [9.17, 15) is 4.79 Å². The molecule has 0 bridgehead atoms. The van der Waals surface area contributed by atoms with Crippen molar-refractivity contribution in [3.63, 3.8) is 0 Å². The monoisotopic (exact) mass is 369 g/mol. The van der Waals surface area contributed by atoms with Gasteiger partial charge in [-0.15, -0.1) is 16.6 Å². The predicted octanol–water partition coefficient (Wildman–Crippen LogP) is 2.41. The van der Waals surface area contributed by atoms with Gasteiger partial charge >= 0.3 is 0 Å². The van der Waals surface area contributed by atoms with E-state index in [1.165, 1.54) is 23.7 Å². The number of aryl methyl sites for hydroxylation is 1. The number of carbonyl (C=O) groups excluding carboxylic acids is 1. The Morgan fingerprint density at radius 3 is 2.65 bits per heavy atom. The molecule has 1 aliphatic rings. The Labute approximate surface area is 158 Å². The summed E-state index contributed by atoms with van der Waals surface area (Å²) in [5.41, 5.74) is 2.21. The maximum atomic E-state index is 11.9. The second kappa shape index (κ2) is 8.77. The predicted molar refractivity (Wildman–Crippen MR) is 105 cm³/mol. The van der Waals surface area contributed by atoms with Crippen molar-refractivity contribution < 1.29 is 4.79 Å². The summed E-state index contributed by atoms with van der Waals surface area (Å²) in [7, 11) is 0. The zero-order chi connectivity index (χ0) is 18.4. The van der Waals surface area contributed by atoms with Crippen molar-refractivity contribution in [2.75, 3.05) is 30.3 Å². The number of terminal acetylenes is 1. The molecule has 2 heterocycles. The van der Waals surface area contributed by atoms with Crippen molar-refractivity contribution in [2.24, 2.45) is 0 Å². The molecule has 6 nitrogen and oxygen atoms in total. The molecule has 0 spiro atoms. The molecular formula is C19H23N5OS. The summed E-state index contributed by atoms with van der Waals surface area (Å²) < 4.78 is 2.05. The van der Waals surface area contributed by atoms with Crippen LogP contribution in [0.2, 0.25) is 0 Å². The Balaban J connectivity index is 1.86. The number of nitrogens with zero attached hydrogens (tertiary/aromatic N) is 4. The topological polar surface area (TPSA) is 63.1 Å². The van der Waals surface area contributed by atoms with Crippen molar-refractivity contribution >= 4 is 23.6 Å². The Kier molecular flexibility index (Phi) is 6.18. The molecule has 1 amide bonds. The molecular weight excluding hydrogens is 346 g/mol. The Morgan fingerprint density at radius 2 is 1.96 bits per heavy atom. The van der Waals surface area contributed by atoms with E-state index in [0.29, 0.717) is 5.16 Å². The molecule has 0 saturated carbocycles. The van der Waals surface area contributed by atoms with E-state index in [-0.39, 0.29) is 18.2 Å². The molecule has 1 N–H and O–H groups in total. The second-order valence-corrected chi connectivity index (χ2v) is 7.21. The van der Waals surface area contributed by atoms with Crippen LogP contribution in [0.25, 0.3) is 5.69 Å². The Bertz CT molecular complexity index is 787. The summed E-state index contributed by atoms with van der Waals surface area (Å²) >= 11 is 1.37. The molecule has 0 unspecified atom stereocenters. The van der Waals surface area contributed by atoms with Crippen LogP contribution in [-0.2, 0) is 4.79 Å². The number of thioether (sulfide) groups is 1. The standard InChI is InChI=1S/C19H23N5OS/c1-3-11-20-17(25)14-26-19-22-21-18(23-12-5-4-6-13-23)24(19)16-9-7-15(2)8-10-16/h1,7-10H,4-6,11-14H2,2H3,(H,20,25). The molecule has 0 atom stereocenters. The Hall–Kier alpha value is -2.46. The lowest BCUT2D eigenvalue weighted by Gasteiger charge is -2.27. The number of amides is 1. The first-order valence-electron chi connectivity index (χ1n) is 8.79. The van der Waals surface area contributed by atoms with Crippen LogP contribution in [0, 0.1) is 19.3 Å². The van der Waals surface area contributed by atoms with Gasteiger partial charge in [0.25, 0.3) is 0 Å². The first-order chi connectivity index (χ1) is 12.7. The number of anilines is 1. The van der Waals surface area contributed by atoms with Gasteiger partial charge in [-0.05, 0) is 38.3 Å². The maximum absolute atomic E-state index is 11.9. The summed E-state index contributed by atoms with van der Waals surface area (Å²) in [6, 6.07) is 8.27. The number of aromatic nitrogens is 3. The van der Waals surface area contributed by atoms with E-state index >= 15 is 0 Å². The fraction of sp³-hybridized carbons (Fsp3) is 0.421. The maximum Gasteiger partial charge on any atom is 0.232 e. The zero-order valence-electron chi connectivity index (χ0n) is 14.9. The van der Waals surface area contributed by atoms with Gasteiger partial charge in [0.2, 0.25) is 11.9 Å². The summed E-state index contributed by atoms with van der Waals surface area (Å²) in [5.74, 6) is 3.40. The number of piperidine rings is 1.